The molecule has 1 N–H and O–H groups in total. The fourth-order valence-corrected chi connectivity index (χ4v) is 2.12. The Morgan fingerprint density at radius 1 is 1.44 bits per heavy atom. The summed E-state index contributed by atoms with van der Waals surface area (Å²) in [5.41, 5.74) is 0.407. The number of benzene rings is 1. The molecule has 0 saturated carbocycles. The summed E-state index contributed by atoms with van der Waals surface area (Å²) in [6.07, 6.45) is 0.568. The molecule has 0 aromatic heterocycles. The third-order valence-electron chi connectivity index (χ3n) is 3.07. The molecule has 1 fully saturated rings. The van der Waals surface area contributed by atoms with Crippen molar-refractivity contribution in [2.75, 3.05) is 13.1 Å². The summed E-state index contributed by atoms with van der Waals surface area (Å²) in [4.78, 5) is 25.5. The van der Waals surface area contributed by atoms with Gasteiger partial charge in [0.05, 0.1) is 0 Å². The Morgan fingerprint density at radius 3 is 2.72 bits per heavy atom. The highest BCUT2D eigenvalue weighted by Crippen LogP contribution is 2.14. The molecular weight excluding hydrogens is 235 g/mol. The van der Waals surface area contributed by atoms with E-state index in [9.17, 15) is 14.0 Å². The van der Waals surface area contributed by atoms with Crippen LogP contribution < -0.4 is 5.32 Å². The number of nitrogens with one attached hydrogen (secondary N) is 1. The van der Waals surface area contributed by atoms with Crippen LogP contribution in [-0.4, -0.2) is 35.8 Å². The minimum absolute atomic E-state index is 0.126. The SMILES string of the molecule is CCC1C(=O)NCCN1C(=O)c1ccc(F)cc1. The first-order valence-corrected chi connectivity index (χ1v) is 5.97. The van der Waals surface area contributed by atoms with Gasteiger partial charge in [-0.1, -0.05) is 6.92 Å². The van der Waals surface area contributed by atoms with E-state index >= 15 is 0 Å². The van der Waals surface area contributed by atoms with E-state index in [2.05, 4.69) is 5.32 Å². The predicted molar refractivity (Wildman–Crippen MR) is 64.5 cm³/mol. The van der Waals surface area contributed by atoms with Gasteiger partial charge < -0.3 is 10.2 Å². The maximum absolute atomic E-state index is 12.8. The van der Waals surface area contributed by atoms with Crippen molar-refractivity contribution in [2.24, 2.45) is 0 Å². The van der Waals surface area contributed by atoms with Crippen molar-refractivity contribution in [3.05, 3.63) is 35.6 Å². The third kappa shape index (κ3) is 2.34. The van der Waals surface area contributed by atoms with Gasteiger partial charge in [-0.25, -0.2) is 4.39 Å². The largest absolute Gasteiger partial charge is 0.353 e. The molecule has 1 saturated heterocycles. The van der Waals surface area contributed by atoms with E-state index in [1.165, 1.54) is 24.3 Å². The lowest BCUT2D eigenvalue weighted by atomic mass is 10.1. The summed E-state index contributed by atoms with van der Waals surface area (Å²) in [5.74, 6) is -0.731. The van der Waals surface area contributed by atoms with Crippen LogP contribution in [0.4, 0.5) is 4.39 Å². The molecule has 1 unspecified atom stereocenters. The first-order valence-electron chi connectivity index (χ1n) is 5.97. The summed E-state index contributed by atoms with van der Waals surface area (Å²) < 4.78 is 12.8. The number of hydrogen-bond acceptors (Lipinski definition) is 2. The van der Waals surface area contributed by atoms with Gasteiger partial charge in [-0.15, -0.1) is 0 Å². The highest BCUT2D eigenvalue weighted by molar-refractivity contribution is 5.98. The molecule has 4 nitrogen and oxygen atoms in total. The fourth-order valence-electron chi connectivity index (χ4n) is 2.12. The standard InChI is InChI=1S/C13H15FN2O2/c1-2-11-12(17)15-7-8-16(11)13(18)9-3-5-10(14)6-4-9/h3-6,11H,2,7-8H2,1H3,(H,15,17). The van der Waals surface area contributed by atoms with Gasteiger partial charge in [0.1, 0.15) is 11.9 Å². The molecular formula is C13H15FN2O2. The lowest BCUT2D eigenvalue weighted by Crippen LogP contribution is -2.56. The van der Waals surface area contributed by atoms with Crippen molar-refractivity contribution >= 4 is 11.8 Å². The zero-order valence-corrected chi connectivity index (χ0v) is 10.1. The molecule has 1 atom stereocenters. The molecule has 0 spiro atoms. The quantitative estimate of drug-likeness (QED) is 0.856. The second-order valence-corrected chi connectivity index (χ2v) is 4.22. The van der Waals surface area contributed by atoms with Crippen molar-refractivity contribution < 1.29 is 14.0 Å². The lowest BCUT2D eigenvalue weighted by molar-refractivity contribution is -0.127. The number of nitrogens with zero attached hydrogens (tertiary/aromatic N) is 1. The van der Waals surface area contributed by atoms with Crippen molar-refractivity contribution in [1.82, 2.24) is 10.2 Å². The molecule has 18 heavy (non-hydrogen) atoms. The number of rotatable bonds is 2. The van der Waals surface area contributed by atoms with Crippen LogP contribution in [0.1, 0.15) is 23.7 Å². The molecule has 0 aliphatic carbocycles. The van der Waals surface area contributed by atoms with Crippen LogP contribution in [0.2, 0.25) is 0 Å². The molecule has 0 radical (unpaired) electrons. The van der Waals surface area contributed by atoms with Crippen molar-refractivity contribution in [2.45, 2.75) is 19.4 Å². The van der Waals surface area contributed by atoms with Crippen molar-refractivity contribution in [1.29, 1.82) is 0 Å². The van der Waals surface area contributed by atoms with Crippen LogP contribution in [0.25, 0.3) is 0 Å². The minimum Gasteiger partial charge on any atom is -0.353 e. The monoisotopic (exact) mass is 250 g/mol. The molecule has 1 aromatic rings. The second kappa shape index (κ2) is 5.16. The zero-order valence-electron chi connectivity index (χ0n) is 10.1. The summed E-state index contributed by atoms with van der Waals surface area (Å²) in [6.45, 7) is 2.81. The van der Waals surface area contributed by atoms with Crippen LogP contribution in [0.15, 0.2) is 24.3 Å². The molecule has 2 amide bonds. The Balaban J connectivity index is 2.21. The summed E-state index contributed by atoms with van der Waals surface area (Å²) in [5, 5.41) is 2.74. The van der Waals surface area contributed by atoms with Gasteiger partial charge in [-0.05, 0) is 30.7 Å². The molecule has 96 valence electrons. The molecule has 1 aliphatic heterocycles. The van der Waals surface area contributed by atoms with E-state index in [0.717, 1.165) is 0 Å². The van der Waals surface area contributed by atoms with Crippen LogP contribution in [0.5, 0.6) is 0 Å². The number of piperazine rings is 1. The van der Waals surface area contributed by atoms with Crippen LogP contribution in [0.3, 0.4) is 0 Å². The predicted octanol–water partition coefficient (Wildman–Crippen LogP) is 1.18. The zero-order chi connectivity index (χ0) is 13.1. The number of carbonyl (C=O) groups is 2. The second-order valence-electron chi connectivity index (χ2n) is 4.22. The van der Waals surface area contributed by atoms with Crippen molar-refractivity contribution in [3.63, 3.8) is 0 Å². The lowest BCUT2D eigenvalue weighted by Gasteiger charge is -2.34. The smallest absolute Gasteiger partial charge is 0.254 e. The van der Waals surface area contributed by atoms with Crippen molar-refractivity contribution in [3.8, 4) is 0 Å². The molecule has 1 aromatic carbocycles. The van der Waals surface area contributed by atoms with E-state index in [1.54, 1.807) is 4.90 Å². The van der Waals surface area contributed by atoms with E-state index < -0.39 is 6.04 Å². The Hall–Kier alpha value is -1.91. The van der Waals surface area contributed by atoms with E-state index in [0.29, 0.717) is 25.1 Å². The molecule has 1 aliphatic rings. The Kier molecular flexibility index (Phi) is 3.60. The minimum atomic E-state index is -0.434. The average Bonchev–Trinajstić information content (AvgIpc) is 2.38. The van der Waals surface area contributed by atoms with Gasteiger partial charge in [0, 0.05) is 18.7 Å². The molecule has 1 heterocycles. The summed E-state index contributed by atoms with van der Waals surface area (Å²) >= 11 is 0. The van der Waals surface area contributed by atoms with Gasteiger partial charge >= 0.3 is 0 Å². The first-order chi connectivity index (χ1) is 8.63. The number of halogens is 1. The normalized spacial score (nSPS) is 19.6. The highest BCUT2D eigenvalue weighted by Gasteiger charge is 2.31. The number of carbonyl (C=O) groups excluding carboxylic acids is 2. The molecule has 2 rings (SSSR count). The Labute approximate surface area is 105 Å². The van der Waals surface area contributed by atoms with Gasteiger partial charge in [0.25, 0.3) is 5.91 Å². The summed E-state index contributed by atoms with van der Waals surface area (Å²) in [6, 6.07) is 4.95. The Bertz CT molecular complexity index is 459. The first kappa shape index (κ1) is 12.5. The maximum Gasteiger partial charge on any atom is 0.254 e. The van der Waals surface area contributed by atoms with E-state index in [-0.39, 0.29) is 17.6 Å². The number of amides is 2. The topological polar surface area (TPSA) is 49.4 Å². The Morgan fingerprint density at radius 2 is 2.11 bits per heavy atom. The van der Waals surface area contributed by atoms with Gasteiger partial charge in [-0.3, -0.25) is 9.59 Å². The fraction of sp³-hybridized carbons (Fsp3) is 0.385. The van der Waals surface area contributed by atoms with Crippen LogP contribution in [-0.2, 0) is 4.79 Å². The highest BCUT2D eigenvalue weighted by atomic mass is 19.1. The maximum atomic E-state index is 12.8. The average molecular weight is 250 g/mol. The molecule has 0 bridgehead atoms. The third-order valence-corrected chi connectivity index (χ3v) is 3.07. The molecule has 5 heteroatoms. The van der Waals surface area contributed by atoms with Gasteiger partial charge in [-0.2, -0.15) is 0 Å². The number of hydrogen-bond donors (Lipinski definition) is 1. The van der Waals surface area contributed by atoms with E-state index in [1.807, 2.05) is 6.92 Å². The van der Waals surface area contributed by atoms with Gasteiger partial charge in [0.15, 0.2) is 0 Å². The van der Waals surface area contributed by atoms with E-state index in [4.69, 9.17) is 0 Å². The van der Waals surface area contributed by atoms with Gasteiger partial charge in [0.2, 0.25) is 5.91 Å². The van der Waals surface area contributed by atoms with Crippen LogP contribution >= 0.6 is 0 Å². The summed E-state index contributed by atoms with van der Waals surface area (Å²) in [7, 11) is 0. The van der Waals surface area contributed by atoms with Crippen LogP contribution in [0, 0.1) is 5.82 Å².